The number of amidine groups is 2. The zero-order valence-electron chi connectivity index (χ0n) is 24.2. The smallest absolute Gasteiger partial charge is 0.231 e. The molecule has 8 rings (SSSR count). The fourth-order valence-corrected chi connectivity index (χ4v) is 6.04. The summed E-state index contributed by atoms with van der Waals surface area (Å²) in [5.74, 6) is 4.04. The lowest BCUT2D eigenvalue weighted by molar-refractivity contribution is 0.174. The van der Waals surface area contributed by atoms with Crippen LogP contribution < -0.4 is 19.7 Å². The summed E-state index contributed by atoms with van der Waals surface area (Å²) in [4.78, 5) is 12.7. The molecule has 8 heteroatoms. The molecule has 8 nitrogen and oxygen atoms in total. The Balaban J connectivity index is 1.35. The van der Waals surface area contributed by atoms with E-state index in [0.29, 0.717) is 17.5 Å². The number of aliphatic imine (C=N–C) groups is 2. The van der Waals surface area contributed by atoms with E-state index in [2.05, 4.69) is 79.5 Å². The molecule has 4 aromatic carbocycles. The lowest BCUT2D eigenvalue weighted by Crippen LogP contribution is -2.46. The summed E-state index contributed by atoms with van der Waals surface area (Å²) < 4.78 is 13.1. The van der Waals surface area contributed by atoms with Gasteiger partial charge in [-0.05, 0) is 60.4 Å². The molecule has 1 atom stereocenters. The molecule has 0 unspecified atom stereocenters. The van der Waals surface area contributed by atoms with Crippen molar-refractivity contribution >= 4 is 34.6 Å². The molecule has 3 aliphatic rings. The standard InChI is InChI=1S/C35H30N6O2/c1-21(2)23-13-15-24(16-14-23)32-31-22(3)39-41(26-9-5-4-6-10-26)34(31)38-35-33(37-27-11-7-8-12-28(27)40(32)35)36-25-17-18-29-30(19-25)43-20-42-29/h4-19,21,32H,20H2,1-3H3,(H,36,37)/t32-/m0/s1. The summed E-state index contributed by atoms with van der Waals surface area (Å²) in [6, 6.07) is 33.0. The van der Waals surface area contributed by atoms with E-state index in [-0.39, 0.29) is 12.8 Å². The minimum Gasteiger partial charge on any atom is -0.454 e. The van der Waals surface area contributed by atoms with E-state index >= 15 is 0 Å². The van der Waals surface area contributed by atoms with Gasteiger partial charge in [-0.25, -0.2) is 14.7 Å². The van der Waals surface area contributed by atoms with Crippen molar-refractivity contribution in [3.8, 4) is 17.2 Å². The van der Waals surface area contributed by atoms with Crippen molar-refractivity contribution in [3.05, 3.63) is 119 Å². The lowest BCUT2D eigenvalue weighted by atomic mass is 9.91. The number of hydrogen-bond donors (Lipinski definition) is 1. The van der Waals surface area contributed by atoms with Crippen molar-refractivity contribution in [2.75, 3.05) is 17.0 Å². The number of nitrogens with zero attached hydrogens (tertiary/aromatic N) is 5. The molecule has 0 aliphatic carbocycles. The van der Waals surface area contributed by atoms with Crippen molar-refractivity contribution in [3.63, 3.8) is 0 Å². The molecule has 3 aliphatic heterocycles. The fourth-order valence-electron chi connectivity index (χ4n) is 6.04. The Bertz CT molecular complexity index is 1920. The molecule has 0 spiro atoms. The monoisotopic (exact) mass is 566 g/mol. The van der Waals surface area contributed by atoms with Gasteiger partial charge in [0.2, 0.25) is 6.79 Å². The SMILES string of the molecule is Cc1nn(-c2ccccc2)c2c1[C@H](c1ccc(C(C)C)cc1)N1C(=N2)C(Nc2ccc3c(c2)OCO3)=Nc2ccccc21. The van der Waals surface area contributed by atoms with Gasteiger partial charge in [0.25, 0.3) is 0 Å². The van der Waals surface area contributed by atoms with Gasteiger partial charge in [0.15, 0.2) is 29.0 Å². The quantitative estimate of drug-likeness (QED) is 0.240. The van der Waals surface area contributed by atoms with Crippen LogP contribution in [0.15, 0.2) is 107 Å². The van der Waals surface area contributed by atoms with E-state index < -0.39 is 0 Å². The number of aryl methyl sites for hydroxylation is 1. The van der Waals surface area contributed by atoms with E-state index in [9.17, 15) is 0 Å². The molecule has 0 saturated heterocycles. The minimum atomic E-state index is -0.175. The van der Waals surface area contributed by atoms with Gasteiger partial charge in [-0.15, -0.1) is 0 Å². The van der Waals surface area contributed by atoms with Gasteiger partial charge in [0.05, 0.1) is 28.8 Å². The molecule has 212 valence electrons. The van der Waals surface area contributed by atoms with Gasteiger partial charge in [-0.1, -0.05) is 68.4 Å². The summed E-state index contributed by atoms with van der Waals surface area (Å²) in [6.07, 6.45) is 0. The molecule has 5 aromatic rings. The van der Waals surface area contributed by atoms with E-state index in [1.165, 1.54) is 5.56 Å². The average Bonchev–Trinajstić information content (AvgIpc) is 3.64. The molecule has 0 radical (unpaired) electrons. The first-order valence-electron chi connectivity index (χ1n) is 14.5. The van der Waals surface area contributed by atoms with Gasteiger partial charge >= 0.3 is 0 Å². The van der Waals surface area contributed by atoms with Crippen LogP contribution in [0, 0.1) is 6.92 Å². The second-order valence-corrected chi connectivity index (χ2v) is 11.2. The number of benzene rings is 4. The molecule has 1 N–H and O–H groups in total. The van der Waals surface area contributed by atoms with Crippen LogP contribution in [0.4, 0.5) is 22.9 Å². The maximum absolute atomic E-state index is 5.65. The van der Waals surface area contributed by atoms with Crippen molar-refractivity contribution in [1.82, 2.24) is 9.78 Å². The summed E-state index contributed by atoms with van der Waals surface area (Å²) in [5, 5.41) is 8.59. The summed E-state index contributed by atoms with van der Waals surface area (Å²) in [6.45, 7) is 6.73. The average molecular weight is 567 g/mol. The number of anilines is 2. The molecule has 0 bridgehead atoms. The highest BCUT2D eigenvalue weighted by molar-refractivity contribution is 6.51. The van der Waals surface area contributed by atoms with Gasteiger partial charge in [-0.3, -0.25) is 0 Å². The number of aromatic nitrogens is 2. The van der Waals surface area contributed by atoms with Gasteiger partial charge in [0.1, 0.15) is 0 Å². The van der Waals surface area contributed by atoms with Crippen LogP contribution >= 0.6 is 0 Å². The maximum atomic E-state index is 5.65. The zero-order valence-corrected chi connectivity index (χ0v) is 24.2. The van der Waals surface area contributed by atoms with Crippen LogP contribution in [0.25, 0.3) is 5.69 Å². The van der Waals surface area contributed by atoms with E-state index in [1.807, 2.05) is 53.2 Å². The van der Waals surface area contributed by atoms with Crippen molar-refractivity contribution in [2.24, 2.45) is 9.98 Å². The predicted molar refractivity (Wildman–Crippen MR) is 170 cm³/mol. The third-order valence-electron chi connectivity index (χ3n) is 8.19. The Morgan fingerprint density at radius 2 is 1.60 bits per heavy atom. The number of fused-ring (bicyclic) bond motifs is 5. The van der Waals surface area contributed by atoms with E-state index in [1.54, 1.807) is 0 Å². The van der Waals surface area contributed by atoms with Crippen LogP contribution in [0.1, 0.15) is 48.2 Å². The van der Waals surface area contributed by atoms with Crippen molar-refractivity contribution in [2.45, 2.75) is 32.7 Å². The van der Waals surface area contributed by atoms with E-state index in [0.717, 1.165) is 57.0 Å². The third kappa shape index (κ3) is 4.17. The Kier molecular flexibility index (Phi) is 5.82. The molecular weight excluding hydrogens is 536 g/mol. The summed E-state index contributed by atoms with van der Waals surface area (Å²) in [5.41, 5.74) is 8.12. The second kappa shape index (κ2) is 9.87. The number of nitrogens with one attached hydrogen (secondary N) is 1. The second-order valence-electron chi connectivity index (χ2n) is 11.2. The molecule has 4 heterocycles. The molecule has 0 fully saturated rings. The van der Waals surface area contributed by atoms with Crippen molar-refractivity contribution < 1.29 is 9.47 Å². The molecule has 43 heavy (non-hydrogen) atoms. The number of ether oxygens (including phenoxy) is 2. The molecular formula is C35H30N6O2. The van der Waals surface area contributed by atoms with Crippen LogP contribution in [-0.2, 0) is 0 Å². The van der Waals surface area contributed by atoms with Crippen LogP contribution in [-0.4, -0.2) is 28.2 Å². The first kappa shape index (κ1) is 25.3. The fraction of sp³-hybridized carbons (Fsp3) is 0.171. The first-order valence-corrected chi connectivity index (χ1v) is 14.5. The Morgan fingerprint density at radius 3 is 2.42 bits per heavy atom. The Morgan fingerprint density at radius 1 is 0.837 bits per heavy atom. The molecule has 0 amide bonds. The van der Waals surface area contributed by atoms with Gasteiger partial charge in [-0.2, -0.15) is 5.10 Å². The zero-order chi connectivity index (χ0) is 29.1. The largest absolute Gasteiger partial charge is 0.454 e. The minimum absolute atomic E-state index is 0.175. The third-order valence-corrected chi connectivity index (χ3v) is 8.19. The highest BCUT2D eigenvalue weighted by atomic mass is 16.7. The summed E-state index contributed by atoms with van der Waals surface area (Å²) >= 11 is 0. The van der Waals surface area contributed by atoms with Gasteiger partial charge in [0, 0.05) is 17.3 Å². The number of rotatable bonds is 4. The molecule has 0 saturated carbocycles. The van der Waals surface area contributed by atoms with Gasteiger partial charge < -0.3 is 19.7 Å². The van der Waals surface area contributed by atoms with Crippen LogP contribution in [0.5, 0.6) is 11.5 Å². The Labute approximate surface area is 249 Å². The highest BCUT2D eigenvalue weighted by Crippen LogP contribution is 2.48. The highest BCUT2D eigenvalue weighted by Gasteiger charge is 2.41. The number of para-hydroxylation sites is 3. The summed E-state index contributed by atoms with van der Waals surface area (Å²) in [7, 11) is 0. The van der Waals surface area contributed by atoms with E-state index in [4.69, 9.17) is 24.6 Å². The number of hydrogen-bond acceptors (Lipinski definition) is 7. The maximum Gasteiger partial charge on any atom is 0.231 e. The van der Waals surface area contributed by atoms with Crippen molar-refractivity contribution in [1.29, 1.82) is 0 Å². The molecule has 1 aromatic heterocycles. The normalized spacial score (nSPS) is 16.3. The lowest BCUT2D eigenvalue weighted by Gasteiger charge is -2.40. The van der Waals surface area contributed by atoms with Crippen LogP contribution in [0.3, 0.4) is 0 Å². The van der Waals surface area contributed by atoms with Crippen LogP contribution in [0.2, 0.25) is 0 Å². The predicted octanol–water partition coefficient (Wildman–Crippen LogP) is 7.83. The first-order chi connectivity index (χ1) is 21.0. The Hall–Kier alpha value is -5.37. The topological polar surface area (TPSA) is 76.3 Å².